The third-order valence-electron chi connectivity index (χ3n) is 3.70. The SMILES string of the molecule is CCNC(C)c1c(C)nn(Cc2ccc(Cl)c(Cl)c2)c1C. The second-order valence-electron chi connectivity index (χ2n) is 5.27. The van der Waals surface area contributed by atoms with Crippen molar-refractivity contribution in [1.29, 1.82) is 0 Å². The van der Waals surface area contributed by atoms with Crippen molar-refractivity contribution in [2.75, 3.05) is 6.54 Å². The van der Waals surface area contributed by atoms with E-state index in [9.17, 15) is 0 Å². The average molecular weight is 326 g/mol. The van der Waals surface area contributed by atoms with Gasteiger partial charge in [-0.05, 0) is 45.0 Å². The van der Waals surface area contributed by atoms with Gasteiger partial charge in [-0.3, -0.25) is 4.68 Å². The molecule has 0 amide bonds. The first kappa shape index (κ1) is 16.3. The first-order valence-electron chi connectivity index (χ1n) is 7.15. The van der Waals surface area contributed by atoms with Crippen molar-refractivity contribution in [2.45, 2.75) is 40.3 Å². The first-order chi connectivity index (χ1) is 9.93. The molecule has 1 N–H and O–H groups in total. The van der Waals surface area contributed by atoms with Crippen LogP contribution in [0.3, 0.4) is 0 Å². The van der Waals surface area contributed by atoms with Gasteiger partial charge in [0.25, 0.3) is 0 Å². The fourth-order valence-electron chi connectivity index (χ4n) is 2.71. The van der Waals surface area contributed by atoms with Crippen LogP contribution in [0.4, 0.5) is 0 Å². The fourth-order valence-corrected chi connectivity index (χ4v) is 3.03. The molecule has 0 fully saturated rings. The van der Waals surface area contributed by atoms with Crippen molar-refractivity contribution in [3.05, 3.63) is 50.8 Å². The molecule has 5 heteroatoms. The van der Waals surface area contributed by atoms with Crippen LogP contribution in [0.15, 0.2) is 18.2 Å². The van der Waals surface area contributed by atoms with Crippen molar-refractivity contribution >= 4 is 23.2 Å². The van der Waals surface area contributed by atoms with E-state index < -0.39 is 0 Å². The van der Waals surface area contributed by atoms with Gasteiger partial charge in [-0.1, -0.05) is 36.2 Å². The molecule has 1 aromatic carbocycles. The van der Waals surface area contributed by atoms with Crippen LogP contribution in [-0.4, -0.2) is 16.3 Å². The van der Waals surface area contributed by atoms with Gasteiger partial charge in [0.2, 0.25) is 0 Å². The molecule has 1 atom stereocenters. The highest BCUT2D eigenvalue weighted by molar-refractivity contribution is 6.42. The standard InChI is InChI=1S/C16H21Cl2N3/c1-5-19-10(2)16-11(3)20-21(12(16)4)9-13-6-7-14(17)15(18)8-13/h6-8,10,19H,5,9H2,1-4H3. The lowest BCUT2D eigenvalue weighted by molar-refractivity contribution is 0.589. The number of aromatic nitrogens is 2. The maximum Gasteiger partial charge on any atom is 0.0663 e. The Morgan fingerprint density at radius 2 is 1.95 bits per heavy atom. The Hall–Kier alpha value is -1.03. The summed E-state index contributed by atoms with van der Waals surface area (Å²) >= 11 is 12.0. The highest BCUT2D eigenvalue weighted by Gasteiger charge is 2.17. The molecular formula is C16H21Cl2N3. The molecule has 0 aliphatic rings. The molecule has 0 bridgehead atoms. The van der Waals surface area contributed by atoms with Crippen LogP contribution in [0.1, 0.15) is 42.4 Å². The number of hydrogen-bond donors (Lipinski definition) is 1. The summed E-state index contributed by atoms with van der Waals surface area (Å²) in [6.07, 6.45) is 0. The van der Waals surface area contributed by atoms with E-state index in [4.69, 9.17) is 23.2 Å². The normalized spacial score (nSPS) is 12.7. The number of benzene rings is 1. The molecule has 2 aromatic rings. The van der Waals surface area contributed by atoms with Gasteiger partial charge in [0.15, 0.2) is 0 Å². The fraction of sp³-hybridized carbons (Fsp3) is 0.438. The van der Waals surface area contributed by atoms with E-state index in [2.05, 4.69) is 38.1 Å². The molecular weight excluding hydrogens is 305 g/mol. The summed E-state index contributed by atoms with van der Waals surface area (Å²) in [6.45, 7) is 10.1. The molecule has 2 rings (SSSR count). The second kappa shape index (κ2) is 6.82. The molecule has 0 aliphatic carbocycles. The predicted octanol–water partition coefficient (Wildman–Crippen LogP) is 4.53. The number of halogens is 2. The minimum Gasteiger partial charge on any atom is -0.310 e. The summed E-state index contributed by atoms with van der Waals surface area (Å²) in [5.41, 5.74) is 4.63. The number of nitrogens with one attached hydrogen (secondary N) is 1. The quantitative estimate of drug-likeness (QED) is 0.875. The topological polar surface area (TPSA) is 29.9 Å². The molecule has 3 nitrogen and oxygen atoms in total. The summed E-state index contributed by atoms with van der Waals surface area (Å²) in [6, 6.07) is 6.01. The zero-order chi connectivity index (χ0) is 15.6. The van der Waals surface area contributed by atoms with E-state index in [0.29, 0.717) is 22.6 Å². The van der Waals surface area contributed by atoms with Gasteiger partial charge < -0.3 is 5.32 Å². The maximum atomic E-state index is 6.08. The second-order valence-corrected chi connectivity index (χ2v) is 6.08. The van der Waals surface area contributed by atoms with Gasteiger partial charge in [-0.25, -0.2) is 0 Å². The third kappa shape index (κ3) is 3.60. The van der Waals surface area contributed by atoms with E-state index >= 15 is 0 Å². The van der Waals surface area contributed by atoms with Crippen LogP contribution < -0.4 is 5.32 Å². The zero-order valence-electron chi connectivity index (χ0n) is 12.9. The van der Waals surface area contributed by atoms with Crippen LogP contribution in [-0.2, 0) is 6.54 Å². The van der Waals surface area contributed by atoms with Crippen LogP contribution in [0.5, 0.6) is 0 Å². The number of rotatable bonds is 5. The molecule has 1 heterocycles. The Morgan fingerprint density at radius 1 is 1.24 bits per heavy atom. The predicted molar refractivity (Wildman–Crippen MR) is 89.4 cm³/mol. The lowest BCUT2D eigenvalue weighted by Gasteiger charge is -2.13. The third-order valence-corrected chi connectivity index (χ3v) is 4.44. The summed E-state index contributed by atoms with van der Waals surface area (Å²) in [4.78, 5) is 0. The summed E-state index contributed by atoms with van der Waals surface area (Å²) < 4.78 is 2.03. The smallest absolute Gasteiger partial charge is 0.0663 e. The van der Waals surface area contributed by atoms with E-state index in [1.54, 1.807) is 0 Å². The Bertz CT molecular complexity index is 635. The van der Waals surface area contributed by atoms with E-state index in [1.165, 1.54) is 11.3 Å². The molecule has 21 heavy (non-hydrogen) atoms. The van der Waals surface area contributed by atoms with Gasteiger partial charge in [-0.2, -0.15) is 5.10 Å². The molecule has 0 saturated carbocycles. The summed E-state index contributed by atoms with van der Waals surface area (Å²) in [5.74, 6) is 0. The average Bonchev–Trinajstić information content (AvgIpc) is 2.69. The summed E-state index contributed by atoms with van der Waals surface area (Å²) in [5, 5.41) is 9.27. The van der Waals surface area contributed by atoms with Gasteiger partial charge in [0, 0.05) is 17.3 Å². The molecule has 0 spiro atoms. The monoisotopic (exact) mass is 325 g/mol. The molecule has 0 aliphatic heterocycles. The van der Waals surface area contributed by atoms with Crippen LogP contribution in [0, 0.1) is 13.8 Å². The van der Waals surface area contributed by atoms with Crippen molar-refractivity contribution in [3.63, 3.8) is 0 Å². The molecule has 114 valence electrons. The van der Waals surface area contributed by atoms with E-state index in [-0.39, 0.29) is 0 Å². The number of aryl methyl sites for hydroxylation is 1. The van der Waals surface area contributed by atoms with E-state index in [0.717, 1.165) is 17.8 Å². The molecule has 0 saturated heterocycles. The largest absolute Gasteiger partial charge is 0.310 e. The molecule has 1 aromatic heterocycles. The van der Waals surface area contributed by atoms with Crippen molar-refractivity contribution < 1.29 is 0 Å². The minimum atomic E-state index is 0.303. The Labute approximate surface area is 136 Å². The van der Waals surface area contributed by atoms with Gasteiger partial charge in [0.05, 0.1) is 22.3 Å². The van der Waals surface area contributed by atoms with Crippen LogP contribution >= 0.6 is 23.2 Å². The van der Waals surface area contributed by atoms with Gasteiger partial charge >= 0.3 is 0 Å². The highest BCUT2D eigenvalue weighted by atomic mass is 35.5. The maximum absolute atomic E-state index is 6.08. The first-order valence-corrected chi connectivity index (χ1v) is 7.90. The van der Waals surface area contributed by atoms with Crippen LogP contribution in [0.25, 0.3) is 0 Å². The lowest BCUT2D eigenvalue weighted by Crippen LogP contribution is -2.19. The van der Waals surface area contributed by atoms with E-state index in [1.807, 2.05) is 22.9 Å². The Morgan fingerprint density at radius 3 is 2.57 bits per heavy atom. The molecule has 1 unspecified atom stereocenters. The van der Waals surface area contributed by atoms with Gasteiger partial charge in [0.1, 0.15) is 0 Å². The van der Waals surface area contributed by atoms with Crippen LogP contribution in [0.2, 0.25) is 10.0 Å². The number of nitrogens with zero attached hydrogens (tertiary/aromatic N) is 2. The number of hydrogen-bond acceptors (Lipinski definition) is 2. The summed E-state index contributed by atoms with van der Waals surface area (Å²) in [7, 11) is 0. The minimum absolute atomic E-state index is 0.303. The highest BCUT2D eigenvalue weighted by Crippen LogP contribution is 2.25. The molecule has 0 radical (unpaired) electrons. The Balaban J connectivity index is 2.28. The lowest BCUT2D eigenvalue weighted by atomic mass is 10.1. The van der Waals surface area contributed by atoms with Gasteiger partial charge in [-0.15, -0.1) is 0 Å². The van der Waals surface area contributed by atoms with Crippen molar-refractivity contribution in [3.8, 4) is 0 Å². The van der Waals surface area contributed by atoms with Crippen molar-refractivity contribution in [1.82, 2.24) is 15.1 Å². The zero-order valence-corrected chi connectivity index (χ0v) is 14.4. The Kier molecular flexibility index (Phi) is 5.31. The van der Waals surface area contributed by atoms with Crippen molar-refractivity contribution in [2.24, 2.45) is 0 Å².